The molecule has 122 valence electrons. The quantitative estimate of drug-likeness (QED) is 0.706. The Bertz CT molecular complexity index is 894. The van der Waals surface area contributed by atoms with Crippen LogP contribution < -0.4 is 5.32 Å². The Kier molecular flexibility index (Phi) is 4.76. The fraction of sp³-hybridized carbons (Fsp3) is 0.111. The average molecular weight is 344 g/mol. The fourth-order valence-corrected chi connectivity index (χ4v) is 3.10. The van der Waals surface area contributed by atoms with E-state index in [1.54, 1.807) is 0 Å². The minimum absolute atomic E-state index is 0.0125. The van der Waals surface area contributed by atoms with Gasteiger partial charge in [-0.1, -0.05) is 36.0 Å². The number of pyridine rings is 1. The molecule has 0 radical (unpaired) electrons. The molecule has 3 aromatic rings. The van der Waals surface area contributed by atoms with Gasteiger partial charge in [0.25, 0.3) is 0 Å². The number of rotatable bonds is 4. The first-order valence-electron chi connectivity index (χ1n) is 7.27. The highest BCUT2D eigenvalue weighted by molar-refractivity contribution is 7.99. The van der Waals surface area contributed by atoms with Crippen LogP contribution in [-0.2, 0) is 4.79 Å². The number of hydrogen-bond donors (Lipinski definition) is 1. The number of fused-ring (bicyclic) bond motifs is 1. The number of thioether (sulfide) groups is 1. The summed E-state index contributed by atoms with van der Waals surface area (Å²) in [5.41, 5.74) is 1.48. The van der Waals surface area contributed by atoms with E-state index in [0.717, 1.165) is 28.6 Å². The van der Waals surface area contributed by atoms with Crippen molar-refractivity contribution in [1.29, 1.82) is 0 Å². The fourth-order valence-electron chi connectivity index (χ4n) is 2.32. The zero-order valence-electron chi connectivity index (χ0n) is 12.8. The third-order valence-corrected chi connectivity index (χ3v) is 4.39. The Morgan fingerprint density at radius 1 is 1.12 bits per heavy atom. The topological polar surface area (TPSA) is 42.0 Å². The van der Waals surface area contributed by atoms with Crippen molar-refractivity contribution in [3.63, 3.8) is 0 Å². The zero-order chi connectivity index (χ0) is 17.1. The Labute approximate surface area is 142 Å². The number of amides is 1. The zero-order valence-corrected chi connectivity index (χ0v) is 13.7. The normalized spacial score (nSPS) is 10.8. The maximum atomic E-state index is 13.5. The Balaban J connectivity index is 1.70. The van der Waals surface area contributed by atoms with Gasteiger partial charge in [0.15, 0.2) is 0 Å². The summed E-state index contributed by atoms with van der Waals surface area (Å²) in [4.78, 5) is 16.4. The number of nitrogens with one attached hydrogen (secondary N) is 1. The molecule has 0 saturated carbocycles. The van der Waals surface area contributed by atoms with Crippen LogP contribution in [0.4, 0.5) is 14.5 Å². The third-order valence-electron chi connectivity index (χ3n) is 3.48. The maximum absolute atomic E-state index is 13.5. The van der Waals surface area contributed by atoms with E-state index in [1.807, 2.05) is 37.3 Å². The van der Waals surface area contributed by atoms with Gasteiger partial charge in [-0.2, -0.15) is 0 Å². The van der Waals surface area contributed by atoms with Gasteiger partial charge in [0.05, 0.1) is 16.3 Å². The van der Waals surface area contributed by atoms with Gasteiger partial charge in [-0.15, -0.1) is 0 Å². The van der Waals surface area contributed by atoms with E-state index in [2.05, 4.69) is 10.3 Å². The maximum Gasteiger partial charge on any atom is 0.234 e. The van der Waals surface area contributed by atoms with Crippen LogP contribution in [0.3, 0.4) is 0 Å². The number of halogens is 2. The molecule has 0 aliphatic rings. The van der Waals surface area contributed by atoms with Crippen LogP contribution in [0.2, 0.25) is 0 Å². The number of aromatic nitrogens is 1. The number of hydrogen-bond acceptors (Lipinski definition) is 3. The molecular formula is C18H14F2N2OS. The lowest BCUT2D eigenvalue weighted by Crippen LogP contribution is -2.16. The first-order chi connectivity index (χ1) is 11.5. The van der Waals surface area contributed by atoms with Crippen molar-refractivity contribution in [3.8, 4) is 0 Å². The lowest BCUT2D eigenvalue weighted by molar-refractivity contribution is -0.113. The van der Waals surface area contributed by atoms with Crippen molar-refractivity contribution in [2.75, 3.05) is 11.1 Å². The minimum Gasteiger partial charge on any atom is -0.320 e. The van der Waals surface area contributed by atoms with Crippen LogP contribution in [0.1, 0.15) is 5.56 Å². The summed E-state index contributed by atoms with van der Waals surface area (Å²) in [5.74, 6) is -2.07. The summed E-state index contributed by atoms with van der Waals surface area (Å²) < 4.78 is 27.1. The Hall–Kier alpha value is -2.47. The number of nitrogens with zero attached hydrogens (tertiary/aromatic N) is 1. The summed E-state index contributed by atoms with van der Waals surface area (Å²) >= 11 is 1.22. The standard InChI is InChI=1S/C18H14F2N2OS/c1-11-9-17(21-15-8-3-2-5-12(11)15)24-10-16(23)22-18-13(19)6-4-7-14(18)20/h2-9H,10H2,1H3,(H,22,23). The second-order valence-corrected chi connectivity index (χ2v) is 6.22. The van der Waals surface area contributed by atoms with Gasteiger partial charge < -0.3 is 5.32 Å². The Morgan fingerprint density at radius 3 is 2.58 bits per heavy atom. The number of carbonyl (C=O) groups excluding carboxylic acids is 1. The van der Waals surface area contributed by atoms with Crippen LogP contribution in [0, 0.1) is 18.6 Å². The summed E-state index contributed by atoms with van der Waals surface area (Å²) in [7, 11) is 0. The smallest absolute Gasteiger partial charge is 0.234 e. The molecule has 1 heterocycles. The lowest BCUT2D eigenvalue weighted by atomic mass is 10.1. The molecule has 1 amide bonds. The van der Waals surface area contributed by atoms with Crippen molar-refractivity contribution in [1.82, 2.24) is 4.98 Å². The highest BCUT2D eigenvalue weighted by Gasteiger charge is 2.12. The number of aryl methyl sites for hydroxylation is 1. The second-order valence-electron chi connectivity index (χ2n) is 5.23. The van der Waals surface area contributed by atoms with Crippen LogP contribution in [0.5, 0.6) is 0 Å². The molecule has 6 heteroatoms. The molecule has 0 saturated heterocycles. The van der Waals surface area contributed by atoms with Crippen molar-refractivity contribution in [3.05, 3.63) is 65.7 Å². The van der Waals surface area contributed by atoms with E-state index in [4.69, 9.17) is 0 Å². The van der Waals surface area contributed by atoms with Crippen molar-refractivity contribution in [2.45, 2.75) is 11.9 Å². The van der Waals surface area contributed by atoms with Gasteiger partial charge in [0.2, 0.25) is 5.91 Å². The number of benzene rings is 2. The SMILES string of the molecule is Cc1cc(SCC(=O)Nc2c(F)cccc2F)nc2ccccc12. The first-order valence-corrected chi connectivity index (χ1v) is 8.26. The molecule has 3 nitrogen and oxygen atoms in total. The molecule has 2 aromatic carbocycles. The van der Waals surface area contributed by atoms with E-state index in [9.17, 15) is 13.6 Å². The highest BCUT2D eigenvalue weighted by Crippen LogP contribution is 2.24. The molecular weight excluding hydrogens is 330 g/mol. The third kappa shape index (κ3) is 3.54. The molecule has 3 rings (SSSR count). The predicted molar refractivity (Wildman–Crippen MR) is 92.2 cm³/mol. The van der Waals surface area contributed by atoms with E-state index in [0.29, 0.717) is 5.03 Å². The highest BCUT2D eigenvalue weighted by atomic mass is 32.2. The van der Waals surface area contributed by atoms with E-state index < -0.39 is 23.2 Å². The molecule has 0 atom stereocenters. The first kappa shape index (κ1) is 16.4. The molecule has 0 bridgehead atoms. The average Bonchev–Trinajstić information content (AvgIpc) is 2.56. The summed E-state index contributed by atoms with van der Waals surface area (Å²) in [6.07, 6.45) is 0. The predicted octanol–water partition coefficient (Wildman–Crippen LogP) is 4.55. The number of anilines is 1. The minimum atomic E-state index is -0.798. The van der Waals surface area contributed by atoms with Crippen LogP contribution in [-0.4, -0.2) is 16.6 Å². The van der Waals surface area contributed by atoms with Gasteiger partial charge >= 0.3 is 0 Å². The van der Waals surface area contributed by atoms with Crippen molar-refractivity contribution in [2.24, 2.45) is 0 Å². The summed E-state index contributed by atoms with van der Waals surface area (Å²) in [6, 6.07) is 13.1. The van der Waals surface area contributed by atoms with Crippen LogP contribution >= 0.6 is 11.8 Å². The Morgan fingerprint density at radius 2 is 1.83 bits per heavy atom. The molecule has 1 aromatic heterocycles. The molecule has 0 fully saturated rings. The lowest BCUT2D eigenvalue weighted by Gasteiger charge is -2.08. The van der Waals surface area contributed by atoms with Gasteiger partial charge in [0.1, 0.15) is 17.3 Å². The summed E-state index contributed by atoms with van der Waals surface area (Å²) in [6.45, 7) is 1.98. The number of carbonyl (C=O) groups is 1. The molecule has 0 unspecified atom stereocenters. The van der Waals surface area contributed by atoms with Gasteiger partial charge in [-0.3, -0.25) is 4.79 Å². The molecule has 0 aliphatic heterocycles. The van der Waals surface area contributed by atoms with Crippen LogP contribution in [0.25, 0.3) is 10.9 Å². The molecule has 0 aliphatic carbocycles. The van der Waals surface area contributed by atoms with Crippen molar-refractivity contribution < 1.29 is 13.6 Å². The van der Waals surface area contributed by atoms with Crippen molar-refractivity contribution >= 4 is 34.3 Å². The monoisotopic (exact) mass is 344 g/mol. The van der Waals surface area contributed by atoms with E-state index >= 15 is 0 Å². The largest absolute Gasteiger partial charge is 0.320 e. The van der Waals surface area contributed by atoms with Crippen LogP contribution in [0.15, 0.2) is 53.6 Å². The number of para-hydroxylation sites is 2. The molecule has 0 spiro atoms. The molecule has 1 N–H and O–H groups in total. The van der Waals surface area contributed by atoms with E-state index in [1.165, 1.54) is 17.8 Å². The van der Waals surface area contributed by atoms with E-state index in [-0.39, 0.29) is 5.75 Å². The van der Waals surface area contributed by atoms with Gasteiger partial charge in [-0.25, -0.2) is 13.8 Å². The van der Waals surface area contributed by atoms with Gasteiger partial charge in [-0.05, 0) is 36.8 Å². The summed E-state index contributed by atoms with van der Waals surface area (Å²) in [5, 5.41) is 4.01. The second kappa shape index (κ2) is 6.97. The van der Waals surface area contributed by atoms with Gasteiger partial charge in [0, 0.05) is 5.39 Å². The molecule has 24 heavy (non-hydrogen) atoms.